The minimum Gasteiger partial charge on any atom is -0.476 e. The van der Waals surface area contributed by atoms with Crippen molar-refractivity contribution in [2.24, 2.45) is 5.92 Å². The lowest BCUT2D eigenvalue weighted by Gasteiger charge is -2.34. The first-order chi connectivity index (χ1) is 13.6. The van der Waals surface area contributed by atoms with Crippen LogP contribution < -0.4 is 10.1 Å². The fraction of sp³-hybridized carbons (Fsp3) is 0.632. The molecule has 2 aromatic heterocycles. The molecule has 1 aliphatic heterocycles. The van der Waals surface area contributed by atoms with Crippen LogP contribution in [0.3, 0.4) is 0 Å². The highest BCUT2D eigenvalue weighted by Crippen LogP contribution is 2.29. The highest BCUT2D eigenvalue weighted by molar-refractivity contribution is 5.93. The number of ether oxygens (including phenoxy) is 1. The van der Waals surface area contributed by atoms with Crippen molar-refractivity contribution in [1.82, 2.24) is 25.2 Å². The number of carbonyl (C=O) groups is 1. The molecular weight excluding hydrogens is 360 g/mol. The molecule has 1 unspecified atom stereocenters. The number of likely N-dealkylation sites (tertiary alicyclic amines) is 1. The van der Waals surface area contributed by atoms with Gasteiger partial charge in [-0.15, -0.1) is 10.2 Å². The van der Waals surface area contributed by atoms with E-state index in [9.17, 15) is 4.79 Å². The fourth-order valence-corrected chi connectivity index (χ4v) is 3.40. The smallest absolute Gasteiger partial charge is 0.242 e. The maximum atomic E-state index is 12.7. The van der Waals surface area contributed by atoms with Crippen molar-refractivity contribution < 1.29 is 14.1 Å². The number of nitrogens with one attached hydrogen (secondary N) is 1. The summed E-state index contributed by atoms with van der Waals surface area (Å²) >= 11 is 0. The van der Waals surface area contributed by atoms with Crippen molar-refractivity contribution in [2.45, 2.75) is 51.5 Å². The molecule has 0 radical (unpaired) electrons. The third-order valence-corrected chi connectivity index (χ3v) is 5.34. The predicted octanol–water partition coefficient (Wildman–Crippen LogP) is 2.16. The molecule has 2 aliphatic rings. The van der Waals surface area contributed by atoms with Gasteiger partial charge in [0.1, 0.15) is 0 Å². The molecule has 150 valence electrons. The molecule has 1 saturated heterocycles. The van der Waals surface area contributed by atoms with Crippen molar-refractivity contribution in [2.75, 3.05) is 25.0 Å². The Kier molecular flexibility index (Phi) is 5.52. The first-order valence-electron chi connectivity index (χ1n) is 9.90. The Labute approximate surface area is 163 Å². The number of piperidine rings is 1. The molecule has 9 heteroatoms. The number of hydrogen-bond acceptors (Lipinski definition) is 8. The zero-order chi connectivity index (χ0) is 19.5. The first-order valence-corrected chi connectivity index (χ1v) is 9.90. The molecule has 28 heavy (non-hydrogen) atoms. The highest BCUT2D eigenvalue weighted by atomic mass is 16.5. The third kappa shape index (κ3) is 4.64. The quantitative estimate of drug-likeness (QED) is 0.772. The lowest BCUT2D eigenvalue weighted by molar-refractivity contribution is -0.121. The SMILES string of the molecule is Cc1nc(C2CCCN([C@@H](C)C(=O)Nc3ccc(OCC4CC4)nn3)C2)no1. The summed E-state index contributed by atoms with van der Waals surface area (Å²) in [5.74, 6) is 2.95. The van der Waals surface area contributed by atoms with Crippen molar-refractivity contribution in [1.29, 1.82) is 0 Å². The number of rotatable bonds is 7. The average Bonchev–Trinajstić information content (AvgIpc) is 3.45. The highest BCUT2D eigenvalue weighted by Gasteiger charge is 2.30. The second kappa shape index (κ2) is 8.22. The zero-order valence-corrected chi connectivity index (χ0v) is 16.3. The third-order valence-electron chi connectivity index (χ3n) is 5.34. The van der Waals surface area contributed by atoms with E-state index in [1.54, 1.807) is 19.1 Å². The van der Waals surface area contributed by atoms with Gasteiger partial charge in [-0.3, -0.25) is 9.69 Å². The molecule has 1 saturated carbocycles. The summed E-state index contributed by atoms with van der Waals surface area (Å²) in [6.45, 7) is 5.97. The average molecular weight is 386 g/mol. The Morgan fingerprint density at radius 2 is 2.21 bits per heavy atom. The van der Waals surface area contributed by atoms with Crippen LogP contribution in [-0.2, 0) is 4.79 Å². The van der Waals surface area contributed by atoms with Gasteiger partial charge < -0.3 is 14.6 Å². The molecular formula is C19H26N6O3. The van der Waals surface area contributed by atoms with Crippen LogP contribution in [0.1, 0.15) is 50.2 Å². The van der Waals surface area contributed by atoms with Crippen LogP contribution in [0.2, 0.25) is 0 Å². The number of hydrogen-bond donors (Lipinski definition) is 1. The molecule has 2 fully saturated rings. The summed E-state index contributed by atoms with van der Waals surface area (Å²) in [7, 11) is 0. The molecule has 0 spiro atoms. The van der Waals surface area contributed by atoms with E-state index in [4.69, 9.17) is 9.26 Å². The Balaban J connectivity index is 1.30. The van der Waals surface area contributed by atoms with Gasteiger partial charge in [-0.25, -0.2) is 0 Å². The number of aryl methyl sites for hydroxylation is 1. The van der Waals surface area contributed by atoms with E-state index in [1.165, 1.54) is 12.8 Å². The van der Waals surface area contributed by atoms with Crippen LogP contribution in [0.4, 0.5) is 5.82 Å². The summed E-state index contributed by atoms with van der Waals surface area (Å²) in [6, 6.07) is 3.18. The van der Waals surface area contributed by atoms with Gasteiger partial charge in [0, 0.05) is 25.5 Å². The van der Waals surface area contributed by atoms with Gasteiger partial charge >= 0.3 is 0 Å². The number of amides is 1. The van der Waals surface area contributed by atoms with Crippen molar-refractivity contribution in [3.05, 3.63) is 23.8 Å². The van der Waals surface area contributed by atoms with Crippen LogP contribution >= 0.6 is 0 Å². The molecule has 2 atom stereocenters. The van der Waals surface area contributed by atoms with E-state index in [2.05, 4.69) is 30.6 Å². The van der Waals surface area contributed by atoms with Crippen molar-refractivity contribution in [3.8, 4) is 5.88 Å². The molecule has 1 amide bonds. The molecule has 0 bridgehead atoms. The Morgan fingerprint density at radius 3 is 2.89 bits per heavy atom. The normalized spacial score (nSPS) is 21.3. The predicted molar refractivity (Wildman–Crippen MR) is 101 cm³/mol. The van der Waals surface area contributed by atoms with Gasteiger partial charge in [0.05, 0.1) is 12.6 Å². The van der Waals surface area contributed by atoms with E-state index in [0.29, 0.717) is 30.1 Å². The van der Waals surface area contributed by atoms with Crippen LogP contribution in [0.15, 0.2) is 16.7 Å². The van der Waals surface area contributed by atoms with Gasteiger partial charge in [0.15, 0.2) is 11.6 Å². The van der Waals surface area contributed by atoms with Crippen LogP contribution in [0, 0.1) is 12.8 Å². The Hall–Kier alpha value is -2.55. The monoisotopic (exact) mass is 386 g/mol. The lowest BCUT2D eigenvalue weighted by Crippen LogP contribution is -2.46. The minimum atomic E-state index is -0.289. The van der Waals surface area contributed by atoms with Crippen molar-refractivity contribution >= 4 is 11.7 Å². The van der Waals surface area contributed by atoms with E-state index in [1.807, 2.05) is 6.92 Å². The molecule has 0 aromatic carbocycles. The molecule has 9 nitrogen and oxygen atoms in total. The zero-order valence-electron chi connectivity index (χ0n) is 16.3. The molecule has 1 N–H and O–H groups in total. The Morgan fingerprint density at radius 1 is 1.36 bits per heavy atom. The molecule has 3 heterocycles. The molecule has 4 rings (SSSR count). The van der Waals surface area contributed by atoms with Gasteiger partial charge in [0.25, 0.3) is 0 Å². The van der Waals surface area contributed by atoms with Gasteiger partial charge in [-0.2, -0.15) is 4.98 Å². The minimum absolute atomic E-state index is 0.106. The fourth-order valence-electron chi connectivity index (χ4n) is 3.40. The standard InChI is InChI=1S/C19H26N6O3/c1-12(25-9-3-4-15(10-25)18-20-13(2)28-24-18)19(26)21-16-7-8-17(23-22-16)27-11-14-5-6-14/h7-8,12,14-15H,3-6,9-11H2,1-2H3,(H,21,22,26)/t12-,15?/m0/s1. The van der Waals surface area contributed by atoms with Crippen molar-refractivity contribution in [3.63, 3.8) is 0 Å². The summed E-state index contributed by atoms with van der Waals surface area (Å²) in [6.07, 6.45) is 4.44. The number of aromatic nitrogens is 4. The van der Waals surface area contributed by atoms with E-state index in [0.717, 1.165) is 31.8 Å². The van der Waals surface area contributed by atoms with Gasteiger partial charge in [-0.05, 0) is 51.1 Å². The first kappa shape index (κ1) is 18.8. The second-order valence-electron chi connectivity index (χ2n) is 7.68. The summed E-state index contributed by atoms with van der Waals surface area (Å²) in [5, 5.41) is 15.0. The summed E-state index contributed by atoms with van der Waals surface area (Å²) < 4.78 is 10.7. The number of carbonyl (C=O) groups excluding carboxylic acids is 1. The number of nitrogens with zero attached hydrogens (tertiary/aromatic N) is 5. The van der Waals surface area contributed by atoms with Crippen LogP contribution in [0.5, 0.6) is 5.88 Å². The van der Waals surface area contributed by atoms with E-state index < -0.39 is 0 Å². The maximum Gasteiger partial charge on any atom is 0.242 e. The van der Waals surface area contributed by atoms with E-state index in [-0.39, 0.29) is 17.9 Å². The summed E-state index contributed by atoms with van der Waals surface area (Å²) in [5.41, 5.74) is 0. The largest absolute Gasteiger partial charge is 0.476 e. The summed E-state index contributed by atoms with van der Waals surface area (Å²) in [4.78, 5) is 19.2. The number of anilines is 1. The van der Waals surface area contributed by atoms with Crippen LogP contribution in [-0.4, -0.2) is 56.9 Å². The van der Waals surface area contributed by atoms with E-state index >= 15 is 0 Å². The topological polar surface area (TPSA) is 106 Å². The maximum absolute atomic E-state index is 12.7. The van der Waals surface area contributed by atoms with Gasteiger partial charge in [-0.1, -0.05) is 5.16 Å². The Bertz CT molecular complexity index is 804. The molecule has 2 aromatic rings. The van der Waals surface area contributed by atoms with Crippen LogP contribution in [0.25, 0.3) is 0 Å². The van der Waals surface area contributed by atoms with Gasteiger partial charge in [0.2, 0.25) is 17.7 Å². The molecule has 1 aliphatic carbocycles. The lowest BCUT2D eigenvalue weighted by atomic mass is 9.96. The second-order valence-corrected chi connectivity index (χ2v) is 7.68.